The van der Waals surface area contributed by atoms with E-state index in [0.29, 0.717) is 16.3 Å². The molecular weight excluding hydrogens is 332 g/mol. The topological polar surface area (TPSA) is 49.2 Å². The molecule has 0 fully saturated rings. The second kappa shape index (κ2) is 9.79. The Morgan fingerprint density at radius 1 is 0.960 bits per heavy atom. The van der Waals surface area contributed by atoms with Crippen molar-refractivity contribution in [2.45, 2.75) is 19.8 Å². The van der Waals surface area contributed by atoms with Crippen LogP contribution in [-0.2, 0) is 0 Å². The van der Waals surface area contributed by atoms with Crippen molar-refractivity contribution in [2.24, 2.45) is 0 Å². The van der Waals surface area contributed by atoms with E-state index in [1.807, 2.05) is 36.4 Å². The summed E-state index contributed by atoms with van der Waals surface area (Å²) in [6, 6.07) is 18.1. The van der Waals surface area contributed by atoms with Gasteiger partial charge in [-0.1, -0.05) is 49.7 Å². The van der Waals surface area contributed by atoms with Crippen LogP contribution in [0, 0.1) is 0 Å². The maximum atomic E-state index is 12.7. The number of rotatable bonds is 5. The van der Waals surface area contributed by atoms with Gasteiger partial charge in [0.15, 0.2) is 0 Å². The summed E-state index contributed by atoms with van der Waals surface area (Å²) in [6.45, 7) is 2.11. The highest BCUT2D eigenvalue weighted by Crippen LogP contribution is 2.09. The largest absolute Gasteiger partial charge is 0.341 e. The van der Waals surface area contributed by atoms with Gasteiger partial charge in [0, 0.05) is 5.75 Å². The molecule has 0 saturated heterocycles. The van der Waals surface area contributed by atoms with Gasteiger partial charge in [0.2, 0.25) is 0 Å². The van der Waals surface area contributed by atoms with E-state index < -0.39 is 0 Å². The van der Waals surface area contributed by atoms with Crippen LogP contribution in [0.1, 0.15) is 40.5 Å². The minimum Gasteiger partial charge on any atom is -0.241 e. The second-order valence-corrected chi connectivity index (χ2v) is 6.64. The number of amidine groups is 1. The van der Waals surface area contributed by atoms with Crippen LogP contribution in [0.15, 0.2) is 60.7 Å². The lowest BCUT2D eigenvalue weighted by Gasteiger charge is -2.07. The molecule has 2 rings (SSSR count). The van der Waals surface area contributed by atoms with E-state index in [-0.39, 0.29) is 11.8 Å². The molecule has 0 aliphatic carbocycles. The third-order valence-corrected chi connectivity index (χ3v) is 4.77. The van der Waals surface area contributed by atoms with Crippen LogP contribution in [0.25, 0.3) is 0 Å². The molecule has 0 heterocycles. The van der Waals surface area contributed by atoms with E-state index in [1.54, 1.807) is 31.3 Å². The summed E-state index contributed by atoms with van der Waals surface area (Å²) in [4.78, 5) is 25.1. The summed E-state index contributed by atoms with van der Waals surface area (Å²) in [5.74, 6) is 0.480. The number of amides is 2. The molecule has 0 aliphatic heterocycles. The minimum atomic E-state index is -0.215. The molecule has 0 bridgehead atoms. The normalized spacial score (nSPS) is 11.6. The molecule has 130 valence electrons. The zero-order chi connectivity index (χ0) is 18.1. The van der Waals surface area contributed by atoms with Crippen molar-refractivity contribution in [1.82, 2.24) is 5.32 Å². The van der Waals surface area contributed by atoms with E-state index in [2.05, 4.69) is 12.2 Å². The van der Waals surface area contributed by atoms with E-state index in [0.717, 1.165) is 18.6 Å². The lowest BCUT2D eigenvalue weighted by molar-refractivity contribution is -0.393. The molecule has 0 radical (unpaired) electrons. The molecule has 2 aromatic carbocycles. The Morgan fingerprint density at radius 3 is 2.08 bits per heavy atom. The van der Waals surface area contributed by atoms with Crippen molar-refractivity contribution in [2.75, 3.05) is 12.8 Å². The standard InChI is InChI=1S/C20H22N2O2S/c1-3-4-15-25-20(21-18(23)16-11-7-5-8-12-16)22(2)19(24)17-13-9-6-10-14-17/h5-14H,3-4,15H2,1-2H3/p+1. The summed E-state index contributed by atoms with van der Waals surface area (Å²) in [6.07, 6.45) is 2.08. The molecule has 0 unspecified atom stereocenters. The third-order valence-electron chi connectivity index (χ3n) is 3.62. The Hall–Kier alpha value is -2.40. The van der Waals surface area contributed by atoms with Crippen LogP contribution in [-0.4, -0.2) is 34.4 Å². The summed E-state index contributed by atoms with van der Waals surface area (Å²) < 4.78 is 1.51. The SMILES string of the molecule is CCCCSC(NC(=O)c1ccccc1)=[N+](C)C(=O)c1ccccc1. The van der Waals surface area contributed by atoms with Crippen LogP contribution in [0.5, 0.6) is 0 Å². The number of thioether (sulfide) groups is 1. The fraction of sp³-hybridized carbons (Fsp3) is 0.250. The van der Waals surface area contributed by atoms with Gasteiger partial charge in [-0.25, -0.2) is 9.59 Å². The van der Waals surface area contributed by atoms with Gasteiger partial charge in [-0.15, -0.1) is 0 Å². The first-order valence-corrected chi connectivity index (χ1v) is 9.31. The molecule has 2 aromatic rings. The molecule has 2 amide bonds. The van der Waals surface area contributed by atoms with Crippen LogP contribution in [0.4, 0.5) is 0 Å². The average molecular weight is 355 g/mol. The zero-order valence-corrected chi connectivity index (χ0v) is 15.4. The van der Waals surface area contributed by atoms with Crippen LogP contribution < -0.4 is 5.32 Å². The average Bonchev–Trinajstić information content (AvgIpc) is 2.67. The number of hydrogen-bond donors (Lipinski definition) is 1. The first kappa shape index (κ1) is 18.9. The Labute approximate surface area is 153 Å². The van der Waals surface area contributed by atoms with Gasteiger partial charge in [-0.05, 0) is 42.4 Å². The third kappa shape index (κ3) is 5.57. The Balaban J connectivity index is 2.24. The predicted octanol–water partition coefficient (Wildman–Crippen LogP) is 3.79. The van der Waals surface area contributed by atoms with Gasteiger partial charge in [-0.3, -0.25) is 0 Å². The second-order valence-electron chi connectivity index (χ2n) is 5.56. The molecule has 25 heavy (non-hydrogen) atoms. The van der Waals surface area contributed by atoms with Gasteiger partial charge in [-0.2, -0.15) is 9.89 Å². The van der Waals surface area contributed by atoms with Crippen molar-refractivity contribution in [1.29, 1.82) is 0 Å². The maximum absolute atomic E-state index is 12.7. The van der Waals surface area contributed by atoms with Crippen molar-refractivity contribution < 1.29 is 14.2 Å². The van der Waals surface area contributed by atoms with E-state index in [1.165, 1.54) is 16.3 Å². The fourth-order valence-electron chi connectivity index (χ4n) is 2.16. The number of carbonyl (C=O) groups is 2. The van der Waals surface area contributed by atoms with Crippen molar-refractivity contribution in [3.63, 3.8) is 0 Å². The number of benzene rings is 2. The molecule has 4 nitrogen and oxygen atoms in total. The van der Waals surface area contributed by atoms with Gasteiger partial charge >= 0.3 is 17.0 Å². The number of unbranched alkanes of at least 4 members (excludes halogenated alkanes) is 1. The Morgan fingerprint density at radius 2 is 1.52 bits per heavy atom. The molecule has 0 spiro atoms. The summed E-state index contributed by atoms with van der Waals surface area (Å²) in [5.41, 5.74) is 1.16. The molecule has 0 aliphatic rings. The Bertz CT molecular complexity index is 743. The number of carbonyl (C=O) groups excluding carboxylic acids is 2. The van der Waals surface area contributed by atoms with Gasteiger partial charge in [0.25, 0.3) is 0 Å². The number of hydrogen-bond acceptors (Lipinski definition) is 3. The smallest absolute Gasteiger partial charge is 0.241 e. The fourth-order valence-corrected chi connectivity index (χ4v) is 3.22. The lowest BCUT2D eigenvalue weighted by atomic mass is 10.2. The van der Waals surface area contributed by atoms with Crippen LogP contribution in [0.2, 0.25) is 0 Å². The summed E-state index contributed by atoms with van der Waals surface area (Å²) in [5, 5.41) is 3.44. The van der Waals surface area contributed by atoms with E-state index >= 15 is 0 Å². The summed E-state index contributed by atoms with van der Waals surface area (Å²) >= 11 is 1.49. The first-order chi connectivity index (χ1) is 12.1. The van der Waals surface area contributed by atoms with E-state index in [4.69, 9.17) is 0 Å². The maximum Gasteiger partial charge on any atom is 0.341 e. The quantitative estimate of drug-likeness (QED) is 0.384. The molecular formula is C20H23N2O2S+. The van der Waals surface area contributed by atoms with E-state index in [9.17, 15) is 9.59 Å². The molecule has 0 atom stereocenters. The minimum absolute atomic E-state index is 0.145. The Kier molecular flexibility index (Phi) is 7.41. The lowest BCUT2D eigenvalue weighted by Crippen LogP contribution is -2.37. The highest BCUT2D eigenvalue weighted by Gasteiger charge is 2.22. The molecule has 5 heteroatoms. The van der Waals surface area contributed by atoms with Crippen molar-refractivity contribution in [3.8, 4) is 0 Å². The van der Waals surface area contributed by atoms with Gasteiger partial charge in [0.1, 0.15) is 0 Å². The molecule has 0 saturated carbocycles. The summed E-state index contributed by atoms with van der Waals surface area (Å²) in [7, 11) is 1.69. The zero-order valence-electron chi connectivity index (χ0n) is 14.6. The highest BCUT2D eigenvalue weighted by atomic mass is 32.2. The van der Waals surface area contributed by atoms with Gasteiger partial charge in [0.05, 0.1) is 18.2 Å². The first-order valence-electron chi connectivity index (χ1n) is 8.32. The molecule has 0 aromatic heterocycles. The monoisotopic (exact) mass is 355 g/mol. The molecule has 1 N–H and O–H groups in total. The van der Waals surface area contributed by atoms with Crippen molar-refractivity contribution >= 4 is 28.7 Å². The van der Waals surface area contributed by atoms with Crippen LogP contribution >= 0.6 is 11.8 Å². The highest BCUT2D eigenvalue weighted by molar-refractivity contribution is 8.13. The van der Waals surface area contributed by atoms with Gasteiger partial charge < -0.3 is 0 Å². The van der Waals surface area contributed by atoms with Crippen molar-refractivity contribution in [3.05, 3.63) is 71.8 Å². The van der Waals surface area contributed by atoms with Crippen LogP contribution in [0.3, 0.4) is 0 Å². The number of nitrogens with zero attached hydrogens (tertiary/aromatic N) is 1. The number of nitrogens with one attached hydrogen (secondary N) is 1. The predicted molar refractivity (Wildman–Crippen MR) is 103 cm³/mol.